The van der Waals surface area contributed by atoms with Gasteiger partial charge in [-0.25, -0.2) is 0 Å². The number of rotatable bonds is 11. The summed E-state index contributed by atoms with van der Waals surface area (Å²) >= 11 is 0. The summed E-state index contributed by atoms with van der Waals surface area (Å²) in [5.41, 5.74) is 2.33. The first-order valence-corrected chi connectivity index (χ1v) is 13.8. The van der Waals surface area contributed by atoms with Crippen molar-refractivity contribution in [2.24, 2.45) is 0 Å². The third-order valence-electron chi connectivity index (χ3n) is 6.76. The van der Waals surface area contributed by atoms with Crippen molar-refractivity contribution in [1.29, 1.82) is 0 Å². The predicted molar refractivity (Wildman–Crippen MR) is 166 cm³/mol. The summed E-state index contributed by atoms with van der Waals surface area (Å²) in [4.78, 5) is 42.0. The van der Waals surface area contributed by atoms with Gasteiger partial charge in [-0.2, -0.15) is 0 Å². The Kier molecular flexibility index (Phi) is 10.5. The first-order valence-electron chi connectivity index (χ1n) is 13.8. The van der Waals surface area contributed by atoms with Crippen LogP contribution in [0.3, 0.4) is 0 Å². The van der Waals surface area contributed by atoms with Crippen LogP contribution in [0, 0.1) is 0 Å². The molecule has 1 heterocycles. The first-order chi connectivity index (χ1) is 19.8. The van der Waals surface area contributed by atoms with E-state index < -0.39 is 28.3 Å². The number of phenolic OH excluding ortho intramolecular Hbond substituents is 3. The Bertz CT molecular complexity index is 1690. The molecule has 0 fully saturated rings. The molecule has 7 heteroatoms. The molecule has 0 unspecified atom stereocenters. The molecule has 0 amide bonds. The van der Waals surface area contributed by atoms with E-state index in [4.69, 9.17) is 4.42 Å². The minimum atomic E-state index is -0.839. The van der Waals surface area contributed by atoms with E-state index in [0.29, 0.717) is 30.4 Å². The van der Waals surface area contributed by atoms with Gasteiger partial charge in [-0.05, 0) is 97.6 Å². The van der Waals surface area contributed by atoms with E-state index in [1.165, 1.54) is 42.0 Å². The maximum Gasteiger partial charge on any atom is 0.208 e. The lowest BCUT2D eigenvalue weighted by molar-refractivity contribution is -0.111. The van der Waals surface area contributed by atoms with Crippen molar-refractivity contribution in [3.63, 3.8) is 0 Å². The number of benzene rings is 2. The highest BCUT2D eigenvalue weighted by Gasteiger charge is 2.30. The molecule has 42 heavy (non-hydrogen) atoms. The maximum absolute atomic E-state index is 14.3. The van der Waals surface area contributed by atoms with Crippen molar-refractivity contribution in [3.05, 3.63) is 98.3 Å². The number of hydrogen-bond acceptors (Lipinski definition) is 7. The Hall–Kier alpha value is -4.65. The maximum atomic E-state index is 14.3. The molecule has 3 N–H and O–H groups in total. The molecule has 0 saturated carbocycles. The zero-order valence-electron chi connectivity index (χ0n) is 25.0. The molecule has 3 aromatic rings. The van der Waals surface area contributed by atoms with Gasteiger partial charge in [0.15, 0.2) is 5.78 Å². The summed E-state index contributed by atoms with van der Waals surface area (Å²) in [6, 6.07) is 7.84. The second kappa shape index (κ2) is 13.8. The van der Waals surface area contributed by atoms with Gasteiger partial charge in [0.05, 0.1) is 5.57 Å². The number of allylic oxidation sites excluding steroid dienone is 8. The minimum absolute atomic E-state index is 0.0374. The smallest absolute Gasteiger partial charge is 0.208 e. The average molecular weight is 571 g/mol. The van der Waals surface area contributed by atoms with Crippen LogP contribution in [0.4, 0.5) is 0 Å². The molecule has 3 rings (SSSR count). The van der Waals surface area contributed by atoms with E-state index in [1.54, 1.807) is 6.92 Å². The molecular formula is C35H38O7. The van der Waals surface area contributed by atoms with Crippen LogP contribution >= 0.6 is 0 Å². The molecule has 7 nitrogen and oxygen atoms in total. The second-order valence-corrected chi connectivity index (χ2v) is 11.0. The van der Waals surface area contributed by atoms with Crippen molar-refractivity contribution in [2.75, 3.05) is 0 Å². The van der Waals surface area contributed by atoms with Crippen LogP contribution in [0.5, 0.6) is 17.2 Å². The summed E-state index contributed by atoms with van der Waals surface area (Å²) in [7, 11) is 0. The summed E-state index contributed by atoms with van der Waals surface area (Å²) in [6.07, 6.45) is 7.90. The normalized spacial score (nSPS) is 12.1. The molecule has 0 aliphatic rings. The number of fused-ring (bicyclic) bond motifs is 1. The topological polar surface area (TPSA) is 125 Å². The van der Waals surface area contributed by atoms with E-state index in [9.17, 15) is 29.7 Å². The molecule has 0 bridgehead atoms. The van der Waals surface area contributed by atoms with Crippen molar-refractivity contribution in [2.45, 2.75) is 67.2 Å². The van der Waals surface area contributed by atoms with E-state index in [0.717, 1.165) is 23.6 Å². The number of carbonyl (C=O) groups excluding carboxylic acids is 2. The third kappa shape index (κ3) is 7.75. The fourth-order valence-electron chi connectivity index (χ4n) is 4.61. The van der Waals surface area contributed by atoms with E-state index in [2.05, 4.69) is 6.08 Å². The van der Waals surface area contributed by atoms with Gasteiger partial charge >= 0.3 is 0 Å². The molecule has 0 spiro atoms. The number of phenols is 3. The Morgan fingerprint density at radius 2 is 1.40 bits per heavy atom. The van der Waals surface area contributed by atoms with Crippen LogP contribution in [-0.4, -0.2) is 26.9 Å². The fourth-order valence-corrected chi connectivity index (χ4v) is 4.61. The lowest BCUT2D eigenvalue weighted by atomic mass is 9.90. The average Bonchev–Trinajstić information content (AvgIpc) is 2.88. The number of ketones is 2. The van der Waals surface area contributed by atoms with Crippen molar-refractivity contribution >= 4 is 22.5 Å². The Balaban J connectivity index is 2.29. The van der Waals surface area contributed by atoms with Gasteiger partial charge in [0.25, 0.3) is 0 Å². The monoisotopic (exact) mass is 570 g/mol. The standard InChI is InChI=1S/C35H38O7/c1-20(2)9-7-11-22(5)17-27(38)30(23(6)12-8-10-21(3)4)33(40)32-34(41)31-28(39)18-26(37)19-29(31)42-35(32)24-13-15-25(36)16-14-24/h9-10,13-19,36-37,39H,7-8,11-12H2,1-6H3/b22-17+,30-23+. The first kappa shape index (κ1) is 31.9. The molecule has 220 valence electrons. The van der Waals surface area contributed by atoms with Gasteiger partial charge in [-0.1, -0.05) is 34.4 Å². The SMILES string of the molecule is CC(C)=CCC/C(C)=C/C(=O)/C(C(=O)c1c(-c2ccc(O)cc2)oc2cc(O)cc(O)c2c1=O)=C(/C)CCC=C(C)C. The summed E-state index contributed by atoms with van der Waals surface area (Å²) < 4.78 is 5.97. The van der Waals surface area contributed by atoms with Crippen LogP contribution in [0.2, 0.25) is 0 Å². The summed E-state index contributed by atoms with van der Waals surface area (Å²) in [5.74, 6) is -2.42. The van der Waals surface area contributed by atoms with Crippen LogP contribution in [0.25, 0.3) is 22.3 Å². The van der Waals surface area contributed by atoms with Crippen molar-refractivity contribution in [1.82, 2.24) is 0 Å². The number of Topliss-reactive ketones (excluding diaryl/α,β-unsaturated/α-hetero) is 1. The fraction of sp³-hybridized carbons (Fsp3) is 0.286. The second-order valence-electron chi connectivity index (χ2n) is 11.0. The van der Waals surface area contributed by atoms with Crippen LogP contribution in [0.1, 0.15) is 77.6 Å². The number of carbonyl (C=O) groups is 2. The molecule has 0 radical (unpaired) electrons. The lowest BCUT2D eigenvalue weighted by Crippen LogP contribution is -2.23. The van der Waals surface area contributed by atoms with Gasteiger partial charge in [0.1, 0.15) is 39.5 Å². The minimum Gasteiger partial charge on any atom is -0.508 e. The van der Waals surface area contributed by atoms with Crippen molar-refractivity contribution < 1.29 is 29.3 Å². The third-order valence-corrected chi connectivity index (χ3v) is 6.76. The van der Waals surface area contributed by atoms with E-state index >= 15 is 0 Å². The van der Waals surface area contributed by atoms with Gasteiger partial charge in [0.2, 0.25) is 11.2 Å². The Labute approximate surface area is 245 Å². The molecule has 0 aliphatic heterocycles. The van der Waals surface area contributed by atoms with Crippen LogP contribution < -0.4 is 5.43 Å². The van der Waals surface area contributed by atoms with E-state index in [-0.39, 0.29) is 33.8 Å². The van der Waals surface area contributed by atoms with Crippen molar-refractivity contribution in [3.8, 4) is 28.6 Å². The molecule has 0 atom stereocenters. The lowest BCUT2D eigenvalue weighted by Gasteiger charge is -2.14. The van der Waals surface area contributed by atoms with Gasteiger partial charge in [-0.3, -0.25) is 14.4 Å². The molecule has 0 saturated heterocycles. The summed E-state index contributed by atoms with van der Waals surface area (Å²) in [5, 5.41) is 30.1. The molecule has 1 aromatic heterocycles. The van der Waals surface area contributed by atoms with E-state index in [1.807, 2.05) is 40.7 Å². The zero-order valence-corrected chi connectivity index (χ0v) is 25.0. The summed E-state index contributed by atoms with van der Waals surface area (Å²) in [6.45, 7) is 11.5. The predicted octanol–water partition coefficient (Wildman–Crippen LogP) is 8.08. The molecule has 2 aromatic carbocycles. The number of hydrogen-bond donors (Lipinski definition) is 3. The van der Waals surface area contributed by atoms with Crippen LogP contribution in [0.15, 0.2) is 91.7 Å². The zero-order chi connectivity index (χ0) is 31.1. The Morgan fingerprint density at radius 1 is 0.810 bits per heavy atom. The highest BCUT2D eigenvalue weighted by atomic mass is 16.3. The highest BCUT2D eigenvalue weighted by molar-refractivity contribution is 6.31. The molecule has 0 aliphatic carbocycles. The van der Waals surface area contributed by atoms with Gasteiger partial charge < -0.3 is 19.7 Å². The van der Waals surface area contributed by atoms with Crippen LogP contribution in [-0.2, 0) is 4.79 Å². The van der Waals surface area contributed by atoms with Gasteiger partial charge in [-0.15, -0.1) is 0 Å². The molecular weight excluding hydrogens is 532 g/mol. The quantitative estimate of drug-likeness (QED) is 0.0699. The Morgan fingerprint density at radius 3 is 2.00 bits per heavy atom. The largest absolute Gasteiger partial charge is 0.508 e. The van der Waals surface area contributed by atoms with Gasteiger partial charge in [0, 0.05) is 17.7 Å². The number of aromatic hydroxyl groups is 3. The highest BCUT2D eigenvalue weighted by Crippen LogP contribution is 2.34.